The van der Waals surface area contributed by atoms with E-state index in [2.05, 4.69) is 5.32 Å². The first kappa shape index (κ1) is 18.4. The Balaban J connectivity index is 2.21. The Labute approximate surface area is 128 Å². The fourth-order valence-corrected chi connectivity index (χ4v) is 3.27. The van der Waals surface area contributed by atoms with E-state index >= 15 is 0 Å². The van der Waals surface area contributed by atoms with Gasteiger partial charge < -0.3 is 10.2 Å². The fraction of sp³-hybridized carbons (Fsp3) is 0.923. The molecule has 8 heteroatoms. The number of rotatable bonds is 5. The third-order valence-corrected chi connectivity index (χ3v) is 4.39. The summed E-state index contributed by atoms with van der Waals surface area (Å²) in [6.45, 7) is 2.55. The van der Waals surface area contributed by atoms with Crippen molar-refractivity contribution in [3.8, 4) is 0 Å². The van der Waals surface area contributed by atoms with Gasteiger partial charge in [-0.05, 0) is 39.1 Å². The molecule has 0 bridgehead atoms. The van der Waals surface area contributed by atoms with E-state index in [4.69, 9.17) is 0 Å². The summed E-state index contributed by atoms with van der Waals surface area (Å²) >= 11 is 1.84. The molecule has 4 nitrogen and oxygen atoms in total. The lowest BCUT2D eigenvalue weighted by atomic mass is 10.2. The predicted molar refractivity (Wildman–Crippen MR) is 79.7 cm³/mol. The summed E-state index contributed by atoms with van der Waals surface area (Å²) in [5.41, 5.74) is 0. The zero-order chi connectivity index (χ0) is 15.9. The third kappa shape index (κ3) is 7.80. The van der Waals surface area contributed by atoms with Crippen LogP contribution in [-0.4, -0.2) is 72.8 Å². The second-order valence-corrected chi connectivity index (χ2v) is 6.61. The first-order valence-corrected chi connectivity index (χ1v) is 8.32. The van der Waals surface area contributed by atoms with Crippen molar-refractivity contribution in [1.82, 2.24) is 15.1 Å². The molecule has 0 unspecified atom stereocenters. The highest BCUT2D eigenvalue weighted by Crippen LogP contribution is 2.16. The van der Waals surface area contributed by atoms with Crippen LogP contribution in [0.4, 0.5) is 18.0 Å². The number of halogens is 3. The van der Waals surface area contributed by atoms with Crippen molar-refractivity contribution in [2.45, 2.75) is 32.0 Å². The minimum Gasteiger partial charge on any atom is -0.338 e. The summed E-state index contributed by atoms with van der Waals surface area (Å²) in [7, 11) is 1.43. The van der Waals surface area contributed by atoms with E-state index in [-0.39, 0.29) is 12.1 Å². The van der Waals surface area contributed by atoms with Gasteiger partial charge >= 0.3 is 12.2 Å². The van der Waals surface area contributed by atoms with Crippen LogP contribution in [0.5, 0.6) is 0 Å². The van der Waals surface area contributed by atoms with Crippen molar-refractivity contribution in [1.29, 1.82) is 0 Å². The minimum atomic E-state index is -4.17. The molecular formula is C13H24F3N3OS. The second kappa shape index (κ2) is 8.73. The predicted octanol–water partition coefficient (Wildman–Crippen LogP) is 2.41. The van der Waals surface area contributed by atoms with Gasteiger partial charge in [-0.2, -0.15) is 24.9 Å². The van der Waals surface area contributed by atoms with Crippen molar-refractivity contribution in [2.75, 3.05) is 44.7 Å². The summed E-state index contributed by atoms with van der Waals surface area (Å²) in [6.07, 6.45) is -2.68. The van der Waals surface area contributed by atoms with Crippen LogP contribution in [0.15, 0.2) is 0 Å². The fourth-order valence-electron chi connectivity index (χ4n) is 2.23. The molecule has 1 saturated heterocycles. The monoisotopic (exact) mass is 327 g/mol. The largest absolute Gasteiger partial charge is 0.401 e. The molecule has 2 amide bonds. The maximum absolute atomic E-state index is 12.1. The minimum absolute atomic E-state index is 0.108. The molecule has 1 atom stereocenters. The normalized spacial score (nSPS) is 20.5. The average Bonchev–Trinajstić information content (AvgIpc) is 2.57. The summed E-state index contributed by atoms with van der Waals surface area (Å²) in [4.78, 5) is 15.1. The summed E-state index contributed by atoms with van der Waals surface area (Å²) in [5.74, 6) is 2.00. The lowest BCUT2D eigenvalue weighted by Crippen LogP contribution is -2.46. The van der Waals surface area contributed by atoms with Crippen LogP contribution < -0.4 is 5.32 Å². The van der Waals surface area contributed by atoms with Crippen LogP contribution in [0.25, 0.3) is 0 Å². The van der Waals surface area contributed by atoms with Gasteiger partial charge in [0.25, 0.3) is 0 Å². The molecule has 1 aliphatic rings. The Morgan fingerprint density at radius 3 is 2.81 bits per heavy atom. The SMILES string of the molecule is C[C@@H]1CCSCCN1C(=O)NCCCN(C)CC(F)(F)F. The molecule has 0 aromatic heterocycles. The van der Waals surface area contributed by atoms with Crippen LogP contribution >= 0.6 is 11.8 Å². The summed E-state index contributed by atoms with van der Waals surface area (Å²) < 4.78 is 36.4. The second-order valence-electron chi connectivity index (χ2n) is 5.38. The van der Waals surface area contributed by atoms with Gasteiger partial charge in [0.15, 0.2) is 0 Å². The number of thioether (sulfide) groups is 1. The van der Waals surface area contributed by atoms with Crippen LogP contribution in [-0.2, 0) is 0 Å². The van der Waals surface area contributed by atoms with Gasteiger partial charge in [0.2, 0.25) is 0 Å². The van der Waals surface area contributed by atoms with Gasteiger partial charge in [-0.1, -0.05) is 0 Å². The molecule has 0 spiro atoms. The van der Waals surface area contributed by atoms with Crippen molar-refractivity contribution < 1.29 is 18.0 Å². The summed E-state index contributed by atoms with van der Waals surface area (Å²) in [5, 5.41) is 2.80. The number of hydrogen-bond acceptors (Lipinski definition) is 3. The molecule has 21 heavy (non-hydrogen) atoms. The van der Waals surface area contributed by atoms with Gasteiger partial charge in [-0.25, -0.2) is 4.79 Å². The van der Waals surface area contributed by atoms with E-state index in [1.165, 1.54) is 11.9 Å². The Morgan fingerprint density at radius 2 is 2.14 bits per heavy atom. The lowest BCUT2D eigenvalue weighted by Gasteiger charge is -2.27. The Hall–Kier alpha value is -0.630. The highest BCUT2D eigenvalue weighted by Gasteiger charge is 2.28. The van der Waals surface area contributed by atoms with Crippen molar-refractivity contribution in [2.24, 2.45) is 0 Å². The zero-order valence-electron chi connectivity index (χ0n) is 12.6. The van der Waals surface area contributed by atoms with Crippen LogP contribution in [0, 0.1) is 0 Å². The number of hydrogen-bond donors (Lipinski definition) is 1. The quantitative estimate of drug-likeness (QED) is 0.788. The molecule has 124 valence electrons. The number of alkyl halides is 3. The first-order valence-electron chi connectivity index (χ1n) is 7.17. The van der Waals surface area contributed by atoms with Gasteiger partial charge in [-0.3, -0.25) is 4.90 Å². The zero-order valence-corrected chi connectivity index (χ0v) is 13.4. The molecule has 1 N–H and O–H groups in total. The number of carbonyl (C=O) groups excluding carboxylic acids is 1. The molecule has 1 rings (SSSR count). The van der Waals surface area contributed by atoms with Crippen molar-refractivity contribution in [3.05, 3.63) is 0 Å². The highest BCUT2D eigenvalue weighted by molar-refractivity contribution is 7.99. The smallest absolute Gasteiger partial charge is 0.338 e. The lowest BCUT2D eigenvalue weighted by molar-refractivity contribution is -0.143. The average molecular weight is 327 g/mol. The van der Waals surface area contributed by atoms with Crippen LogP contribution in [0.3, 0.4) is 0 Å². The van der Waals surface area contributed by atoms with Gasteiger partial charge in [0.1, 0.15) is 0 Å². The molecule has 0 radical (unpaired) electrons. The molecule has 1 heterocycles. The first-order chi connectivity index (χ1) is 9.79. The van der Waals surface area contributed by atoms with Gasteiger partial charge in [0, 0.05) is 24.9 Å². The Kier molecular flexibility index (Phi) is 7.65. The van der Waals surface area contributed by atoms with Crippen LogP contribution in [0.1, 0.15) is 19.8 Å². The highest BCUT2D eigenvalue weighted by atomic mass is 32.2. The molecule has 0 saturated carbocycles. The van der Waals surface area contributed by atoms with Crippen LogP contribution in [0.2, 0.25) is 0 Å². The number of carbonyl (C=O) groups is 1. The molecule has 0 aliphatic carbocycles. The van der Waals surface area contributed by atoms with E-state index in [1.54, 1.807) is 0 Å². The summed E-state index contributed by atoms with van der Waals surface area (Å²) in [6, 6.07) is 0.108. The Bertz CT molecular complexity index is 328. The van der Waals surface area contributed by atoms with Gasteiger partial charge in [-0.15, -0.1) is 0 Å². The third-order valence-electron chi connectivity index (χ3n) is 3.39. The standard InChI is InChI=1S/C13H24F3N3OS/c1-11-4-8-21-9-7-19(11)12(20)17-5-3-6-18(2)10-13(14,15)16/h11H,3-10H2,1-2H3,(H,17,20)/t11-/m1/s1. The maximum atomic E-state index is 12.1. The topological polar surface area (TPSA) is 35.6 Å². The van der Waals surface area contributed by atoms with E-state index in [0.29, 0.717) is 19.5 Å². The van der Waals surface area contributed by atoms with E-state index in [9.17, 15) is 18.0 Å². The maximum Gasteiger partial charge on any atom is 0.401 e. The molecular weight excluding hydrogens is 303 g/mol. The molecule has 1 fully saturated rings. The van der Waals surface area contributed by atoms with Gasteiger partial charge in [0.05, 0.1) is 6.54 Å². The van der Waals surface area contributed by atoms with Crippen molar-refractivity contribution in [3.63, 3.8) is 0 Å². The molecule has 0 aromatic rings. The Morgan fingerprint density at radius 1 is 1.43 bits per heavy atom. The van der Waals surface area contributed by atoms with E-state index in [1.807, 2.05) is 23.6 Å². The number of nitrogens with zero attached hydrogens (tertiary/aromatic N) is 2. The number of nitrogens with one attached hydrogen (secondary N) is 1. The number of urea groups is 1. The van der Waals surface area contributed by atoms with E-state index in [0.717, 1.165) is 24.5 Å². The molecule has 1 aliphatic heterocycles. The van der Waals surface area contributed by atoms with Crippen molar-refractivity contribution >= 4 is 17.8 Å². The van der Waals surface area contributed by atoms with E-state index < -0.39 is 12.7 Å². The molecule has 0 aromatic carbocycles. The number of amides is 2.